The molecule has 0 heterocycles. The van der Waals surface area contributed by atoms with Crippen molar-refractivity contribution in [2.75, 3.05) is 0 Å². The van der Waals surface area contributed by atoms with Crippen LogP contribution in [0.15, 0.2) is 10.5 Å². The summed E-state index contributed by atoms with van der Waals surface area (Å²) in [5.41, 5.74) is 9.84. The van der Waals surface area contributed by atoms with Gasteiger partial charge in [0.1, 0.15) is 5.75 Å². The highest BCUT2D eigenvalue weighted by atomic mass is 79.9. The number of nitrogens with two attached hydrogens (primary N) is 1. The molecule has 0 unspecified atom stereocenters. The Labute approximate surface area is 117 Å². The second kappa shape index (κ2) is 4.53. The summed E-state index contributed by atoms with van der Waals surface area (Å²) in [5, 5.41) is 10.5. The number of phenols is 1. The van der Waals surface area contributed by atoms with Gasteiger partial charge in [-0.1, -0.05) is 12.8 Å². The lowest BCUT2D eigenvalue weighted by molar-refractivity contribution is 0.405. The fourth-order valence-electron chi connectivity index (χ4n) is 3.50. The lowest BCUT2D eigenvalue weighted by atomic mass is 9.83. The molecule has 1 saturated carbocycles. The molecule has 0 saturated heterocycles. The standard InChI is InChI=1S/C15H20BrNO/c16-13-11-6-2-1-5-10(11)9-12(14(13)18)15(17)7-3-4-8-15/h9,18H,1-8,17H2. The summed E-state index contributed by atoms with van der Waals surface area (Å²) in [6, 6.07) is 2.18. The normalized spacial score (nSPS) is 21.9. The lowest BCUT2D eigenvalue weighted by Gasteiger charge is -2.29. The molecule has 0 atom stereocenters. The summed E-state index contributed by atoms with van der Waals surface area (Å²) in [5.74, 6) is 0.389. The van der Waals surface area contributed by atoms with E-state index >= 15 is 0 Å². The monoisotopic (exact) mass is 309 g/mol. The molecule has 0 aromatic heterocycles. The fourth-order valence-corrected chi connectivity index (χ4v) is 4.16. The molecule has 3 rings (SSSR count). The predicted octanol–water partition coefficient (Wildman–Crippen LogP) is 3.76. The number of aromatic hydroxyl groups is 1. The van der Waals surface area contributed by atoms with E-state index in [4.69, 9.17) is 5.73 Å². The highest BCUT2D eigenvalue weighted by Gasteiger charge is 2.35. The summed E-state index contributed by atoms with van der Waals surface area (Å²) in [6.07, 6.45) is 8.99. The minimum absolute atomic E-state index is 0.306. The second-order valence-corrected chi connectivity index (χ2v) is 6.59. The lowest BCUT2D eigenvalue weighted by Crippen LogP contribution is -2.33. The van der Waals surface area contributed by atoms with Gasteiger partial charge >= 0.3 is 0 Å². The van der Waals surface area contributed by atoms with Crippen LogP contribution in [-0.4, -0.2) is 5.11 Å². The number of fused-ring (bicyclic) bond motifs is 1. The molecule has 0 aliphatic heterocycles. The van der Waals surface area contributed by atoms with Crippen LogP contribution in [0.1, 0.15) is 55.2 Å². The van der Waals surface area contributed by atoms with Crippen molar-refractivity contribution in [2.24, 2.45) is 5.73 Å². The number of benzene rings is 1. The number of aryl methyl sites for hydroxylation is 1. The highest BCUT2D eigenvalue weighted by Crippen LogP contribution is 2.46. The Morgan fingerprint density at radius 2 is 1.78 bits per heavy atom. The first-order chi connectivity index (χ1) is 8.62. The van der Waals surface area contributed by atoms with Crippen LogP contribution in [0.5, 0.6) is 5.75 Å². The zero-order chi connectivity index (χ0) is 12.8. The maximum absolute atomic E-state index is 10.5. The van der Waals surface area contributed by atoms with Crippen molar-refractivity contribution in [2.45, 2.75) is 56.9 Å². The van der Waals surface area contributed by atoms with Crippen LogP contribution in [0.3, 0.4) is 0 Å². The van der Waals surface area contributed by atoms with E-state index in [0.717, 1.165) is 35.7 Å². The van der Waals surface area contributed by atoms with Gasteiger partial charge in [-0.3, -0.25) is 0 Å². The van der Waals surface area contributed by atoms with E-state index in [2.05, 4.69) is 22.0 Å². The fraction of sp³-hybridized carbons (Fsp3) is 0.600. The van der Waals surface area contributed by atoms with Gasteiger partial charge in [0.25, 0.3) is 0 Å². The zero-order valence-electron chi connectivity index (χ0n) is 10.6. The molecular formula is C15H20BrNO. The van der Waals surface area contributed by atoms with E-state index in [0.29, 0.717) is 5.75 Å². The molecule has 2 aliphatic rings. The molecule has 98 valence electrons. The molecule has 1 aromatic carbocycles. The van der Waals surface area contributed by atoms with Crippen LogP contribution in [0.25, 0.3) is 0 Å². The van der Waals surface area contributed by atoms with Crippen molar-refractivity contribution in [3.8, 4) is 5.75 Å². The zero-order valence-corrected chi connectivity index (χ0v) is 12.2. The van der Waals surface area contributed by atoms with Gasteiger partial charge in [-0.15, -0.1) is 0 Å². The molecule has 3 heteroatoms. The molecule has 0 amide bonds. The van der Waals surface area contributed by atoms with E-state index in [1.54, 1.807) is 0 Å². The molecule has 3 N–H and O–H groups in total. The molecule has 0 bridgehead atoms. The van der Waals surface area contributed by atoms with Gasteiger partial charge in [-0.2, -0.15) is 0 Å². The van der Waals surface area contributed by atoms with Crippen LogP contribution in [0.4, 0.5) is 0 Å². The minimum atomic E-state index is -0.306. The van der Waals surface area contributed by atoms with Gasteiger partial charge in [0.2, 0.25) is 0 Å². The third-order valence-electron chi connectivity index (χ3n) is 4.59. The Morgan fingerprint density at radius 3 is 2.50 bits per heavy atom. The minimum Gasteiger partial charge on any atom is -0.506 e. The summed E-state index contributed by atoms with van der Waals surface area (Å²) < 4.78 is 0.895. The van der Waals surface area contributed by atoms with Gasteiger partial charge in [0.05, 0.1) is 4.47 Å². The van der Waals surface area contributed by atoms with Gasteiger partial charge in [0, 0.05) is 11.1 Å². The van der Waals surface area contributed by atoms with Gasteiger partial charge in [0.15, 0.2) is 0 Å². The summed E-state index contributed by atoms with van der Waals surface area (Å²) in [7, 11) is 0. The van der Waals surface area contributed by atoms with E-state index in [1.807, 2.05) is 0 Å². The molecular weight excluding hydrogens is 290 g/mol. The average molecular weight is 310 g/mol. The number of halogens is 1. The molecule has 18 heavy (non-hydrogen) atoms. The average Bonchev–Trinajstić information content (AvgIpc) is 2.82. The Balaban J connectivity index is 2.13. The Kier molecular flexibility index (Phi) is 3.15. The molecule has 0 radical (unpaired) electrons. The van der Waals surface area contributed by atoms with Crippen molar-refractivity contribution in [3.05, 3.63) is 27.2 Å². The van der Waals surface area contributed by atoms with E-state index in [1.165, 1.54) is 36.8 Å². The topological polar surface area (TPSA) is 46.2 Å². The maximum Gasteiger partial charge on any atom is 0.135 e. The molecule has 0 spiro atoms. The summed E-state index contributed by atoms with van der Waals surface area (Å²) in [6.45, 7) is 0. The van der Waals surface area contributed by atoms with Crippen molar-refractivity contribution >= 4 is 15.9 Å². The van der Waals surface area contributed by atoms with E-state index in [-0.39, 0.29) is 5.54 Å². The van der Waals surface area contributed by atoms with Crippen molar-refractivity contribution < 1.29 is 5.11 Å². The second-order valence-electron chi connectivity index (χ2n) is 5.79. The van der Waals surface area contributed by atoms with E-state index in [9.17, 15) is 5.11 Å². The van der Waals surface area contributed by atoms with Crippen LogP contribution in [-0.2, 0) is 18.4 Å². The van der Waals surface area contributed by atoms with Crippen LogP contribution >= 0.6 is 15.9 Å². The first kappa shape index (κ1) is 12.5. The smallest absolute Gasteiger partial charge is 0.135 e. The quantitative estimate of drug-likeness (QED) is 0.829. The Hall–Kier alpha value is -0.540. The van der Waals surface area contributed by atoms with Gasteiger partial charge in [-0.25, -0.2) is 0 Å². The van der Waals surface area contributed by atoms with Gasteiger partial charge < -0.3 is 10.8 Å². The number of hydrogen-bond acceptors (Lipinski definition) is 2. The molecule has 1 aromatic rings. The van der Waals surface area contributed by atoms with Gasteiger partial charge in [-0.05, 0) is 71.6 Å². The van der Waals surface area contributed by atoms with Crippen molar-refractivity contribution in [3.63, 3.8) is 0 Å². The first-order valence-electron chi connectivity index (χ1n) is 6.94. The van der Waals surface area contributed by atoms with Crippen LogP contribution in [0.2, 0.25) is 0 Å². The van der Waals surface area contributed by atoms with Crippen molar-refractivity contribution in [1.82, 2.24) is 0 Å². The number of phenolic OH excluding ortho intramolecular Hbond substituents is 1. The Morgan fingerprint density at radius 1 is 1.11 bits per heavy atom. The van der Waals surface area contributed by atoms with E-state index < -0.39 is 0 Å². The number of rotatable bonds is 1. The summed E-state index contributed by atoms with van der Waals surface area (Å²) in [4.78, 5) is 0. The maximum atomic E-state index is 10.5. The largest absolute Gasteiger partial charge is 0.506 e. The molecule has 2 aliphatic carbocycles. The van der Waals surface area contributed by atoms with Crippen molar-refractivity contribution in [1.29, 1.82) is 0 Å². The third-order valence-corrected chi connectivity index (χ3v) is 5.44. The SMILES string of the molecule is NC1(c2cc3c(c(Br)c2O)CCCC3)CCCC1. The predicted molar refractivity (Wildman–Crippen MR) is 76.8 cm³/mol. The first-order valence-corrected chi connectivity index (χ1v) is 7.74. The summed E-state index contributed by atoms with van der Waals surface area (Å²) >= 11 is 3.58. The Bertz CT molecular complexity index is 478. The van der Waals surface area contributed by atoms with Crippen LogP contribution < -0.4 is 5.73 Å². The molecule has 2 nitrogen and oxygen atoms in total. The van der Waals surface area contributed by atoms with Crippen LogP contribution in [0, 0.1) is 0 Å². The highest BCUT2D eigenvalue weighted by molar-refractivity contribution is 9.10. The third kappa shape index (κ3) is 1.88. The molecule has 1 fully saturated rings. The number of hydrogen-bond donors (Lipinski definition) is 2.